The number of hydrogen-bond acceptors (Lipinski definition) is 7. The molecule has 1 aliphatic heterocycles. The Labute approximate surface area is 166 Å². The van der Waals surface area contributed by atoms with Crippen molar-refractivity contribution in [3.05, 3.63) is 5.01 Å². The molecule has 1 amide bonds. The van der Waals surface area contributed by atoms with Crippen LogP contribution < -0.4 is 5.32 Å². The maximum atomic E-state index is 12.9. The van der Waals surface area contributed by atoms with Crippen molar-refractivity contribution >= 4 is 32.4 Å². The molecule has 27 heavy (non-hydrogen) atoms. The minimum atomic E-state index is -3.16. The summed E-state index contributed by atoms with van der Waals surface area (Å²) in [6, 6.07) is 0.142. The molecular formula is C17H31N5O3S2. The normalized spacial score (nSPS) is 18.1. The summed E-state index contributed by atoms with van der Waals surface area (Å²) in [6.07, 6.45) is 2.64. The lowest BCUT2D eigenvalue weighted by atomic mass is 9.95. The van der Waals surface area contributed by atoms with E-state index in [2.05, 4.69) is 36.3 Å². The van der Waals surface area contributed by atoms with Crippen LogP contribution >= 0.6 is 11.3 Å². The molecular weight excluding hydrogens is 386 g/mol. The molecule has 2 rings (SSSR count). The van der Waals surface area contributed by atoms with Gasteiger partial charge in [0.05, 0.1) is 11.8 Å². The van der Waals surface area contributed by atoms with E-state index in [-0.39, 0.29) is 17.4 Å². The van der Waals surface area contributed by atoms with Crippen LogP contribution in [0.15, 0.2) is 0 Å². The molecule has 0 aromatic carbocycles. The highest BCUT2D eigenvalue weighted by molar-refractivity contribution is 7.88. The van der Waals surface area contributed by atoms with Crippen molar-refractivity contribution in [2.75, 3.05) is 31.7 Å². The largest absolute Gasteiger partial charge is 0.299 e. The van der Waals surface area contributed by atoms with Crippen molar-refractivity contribution in [1.82, 2.24) is 19.4 Å². The third kappa shape index (κ3) is 5.24. The Morgan fingerprint density at radius 3 is 2.19 bits per heavy atom. The Hall–Kier alpha value is -1.10. The fraction of sp³-hybridized carbons (Fsp3) is 0.824. The highest BCUT2D eigenvalue weighted by Gasteiger charge is 2.38. The van der Waals surface area contributed by atoms with Gasteiger partial charge in [-0.15, -0.1) is 10.2 Å². The van der Waals surface area contributed by atoms with E-state index in [1.165, 1.54) is 21.9 Å². The first kappa shape index (κ1) is 22.2. The lowest BCUT2D eigenvalue weighted by Crippen LogP contribution is -2.57. The smallest absolute Gasteiger partial charge is 0.246 e. The number of carbonyl (C=O) groups excluding carboxylic acids is 1. The Balaban J connectivity index is 2.02. The zero-order valence-electron chi connectivity index (χ0n) is 17.2. The molecule has 0 bridgehead atoms. The van der Waals surface area contributed by atoms with Crippen LogP contribution in [0, 0.1) is 0 Å². The van der Waals surface area contributed by atoms with Crippen molar-refractivity contribution in [2.45, 2.75) is 64.5 Å². The Bertz CT molecular complexity index is 775. The summed E-state index contributed by atoms with van der Waals surface area (Å²) in [5, 5.41) is 12.5. The first-order valence-electron chi connectivity index (χ1n) is 9.06. The molecule has 1 saturated heterocycles. The fourth-order valence-electron chi connectivity index (χ4n) is 3.00. The van der Waals surface area contributed by atoms with E-state index < -0.39 is 15.6 Å². The van der Waals surface area contributed by atoms with E-state index in [0.717, 1.165) is 5.01 Å². The van der Waals surface area contributed by atoms with Gasteiger partial charge in [0.15, 0.2) is 0 Å². The molecule has 2 heterocycles. The van der Waals surface area contributed by atoms with Gasteiger partial charge in [-0.1, -0.05) is 32.1 Å². The number of nitrogens with one attached hydrogen (secondary N) is 1. The zero-order valence-corrected chi connectivity index (χ0v) is 18.9. The van der Waals surface area contributed by atoms with Crippen molar-refractivity contribution in [3.63, 3.8) is 0 Å². The molecule has 154 valence electrons. The van der Waals surface area contributed by atoms with Gasteiger partial charge in [0, 0.05) is 24.5 Å². The molecule has 0 saturated carbocycles. The van der Waals surface area contributed by atoms with Gasteiger partial charge in [-0.05, 0) is 33.7 Å². The minimum Gasteiger partial charge on any atom is -0.299 e. The van der Waals surface area contributed by atoms with Crippen molar-refractivity contribution < 1.29 is 13.2 Å². The second-order valence-electron chi connectivity index (χ2n) is 8.68. The van der Waals surface area contributed by atoms with Crippen LogP contribution in [0.2, 0.25) is 0 Å². The van der Waals surface area contributed by atoms with Gasteiger partial charge >= 0.3 is 0 Å². The third-order valence-corrected chi connectivity index (χ3v) is 7.73. The van der Waals surface area contributed by atoms with E-state index >= 15 is 0 Å². The lowest BCUT2D eigenvalue weighted by Gasteiger charge is -2.43. The van der Waals surface area contributed by atoms with Crippen LogP contribution in [0.1, 0.15) is 52.5 Å². The van der Waals surface area contributed by atoms with Gasteiger partial charge in [-0.2, -0.15) is 0 Å². The van der Waals surface area contributed by atoms with Gasteiger partial charge in [0.25, 0.3) is 0 Å². The maximum absolute atomic E-state index is 12.9. The number of rotatable bonds is 5. The van der Waals surface area contributed by atoms with Crippen molar-refractivity contribution in [2.24, 2.45) is 0 Å². The summed E-state index contributed by atoms with van der Waals surface area (Å²) >= 11 is 1.39. The molecule has 1 fully saturated rings. The van der Waals surface area contributed by atoms with E-state index in [9.17, 15) is 13.2 Å². The summed E-state index contributed by atoms with van der Waals surface area (Å²) in [5.74, 6) is -0.146. The van der Waals surface area contributed by atoms with E-state index in [1.807, 2.05) is 25.8 Å². The number of amides is 1. The summed E-state index contributed by atoms with van der Waals surface area (Å²) in [6.45, 7) is 10.9. The maximum Gasteiger partial charge on any atom is 0.246 e. The average Bonchev–Trinajstić information content (AvgIpc) is 3.02. The second-order valence-corrected chi connectivity index (χ2v) is 11.6. The molecule has 1 aromatic heterocycles. The number of hydrogen-bond donors (Lipinski definition) is 1. The first-order chi connectivity index (χ1) is 12.2. The van der Waals surface area contributed by atoms with Crippen LogP contribution in [0.3, 0.4) is 0 Å². The molecule has 1 N–H and O–H groups in total. The highest BCUT2D eigenvalue weighted by atomic mass is 32.2. The molecule has 10 heteroatoms. The number of likely N-dealkylation sites (N-methyl/N-ethyl adjacent to an activating group) is 1. The first-order valence-corrected chi connectivity index (χ1v) is 11.7. The number of sulfonamides is 1. The van der Waals surface area contributed by atoms with Gasteiger partial charge in [0.2, 0.25) is 21.1 Å². The predicted molar refractivity (Wildman–Crippen MR) is 109 cm³/mol. The summed E-state index contributed by atoms with van der Waals surface area (Å²) < 4.78 is 24.9. The molecule has 8 nitrogen and oxygen atoms in total. The Kier molecular flexibility index (Phi) is 6.35. The second kappa shape index (κ2) is 7.73. The SMILES string of the molecule is CN(C1CCN(S(C)(=O)=O)CC1)C(C)(C)C(=O)Nc1nnc(C(C)(C)C)s1. The van der Waals surface area contributed by atoms with Crippen LogP contribution in [0.4, 0.5) is 5.13 Å². The topological polar surface area (TPSA) is 95.5 Å². The summed E-state index contributed by atoms with van der Waals surface area (Å²) in [7, 11) is -1.24. The summed E-state index contributed by atoms with van der Waals surface area (Å²) in [4.78, 5) is 14.9. The molecule has 1 aliphatic rings. The zero-order chi connectivity index (χ0) is 20.6. The quantitative estimate of drug-likeness (QED) is 0.786. The minimum absolute atomic E-state index is 0.111. The molecule has 0 atom stereocenters. The molecule has 0 unspecified atom stereocenters. The van der Waals surface area contributed by atoms with E-state index in [1.54, 1.807) is 0 Å². The van der Waals surface area contributed by atoms with Crippen molar-refractivity contribution in [1.29, 1.82) is 0 Å². The van der Waals surface area contributed by atoms with E-state index in [0.29, 0.717) is 31.1 Å². The number of carbonyl (C=O) groups is 1. The fourth-order valence-corrected chi connectivity index (χ4v) is 4.68. The number of anilines is 1. The molecule has 1 aromatic rings. The monoisotopic (exact) mass is 417 g/mol. The van der Waals surface area contributed by atoms with Crippen LogP contribution in [-0.4, -0.2) is 71.7 Å². The molecule has 0 spiro atoms. The third-order valence-electron chi connectivity index (χ3n) is 5.16. The van der Waals surface area contributed by atoms with Crippen LogP contribution in [-0.2, 0) is 20.2 Å². The standard InChI is InChI=1S/C17H31N5O3S2/c1-16(2,3)14-19-20-15(26-14)18-13(23)17(4,5)21(6)12-8-10-22(11-9-12)27(7,24)25/h12H,8-11H2,1-7H3,(H,18,20,23). The van der Waals surface area contributed by atoms with Crippen molar-refractivity contribution in [3.8, 4) is 0 Å². The van der Waals surface area contributed by atoms with Gasteiger partial charge < -0.3 is 0 Å². The summed E-state index contributed by atoms with van der Waals surface area (Å²) in [5.41, 5.74) is -0.869. The number of nitrogens with zero attached hydrogens (tertiary/aromatic N) is 4. The Morgan fingerprint density at radius 2 is 1.74 bits per heavy atom. The predicted octanol–water partition coefficient (Wildman–Crippen LogP) is 1.91. The van der Waals surface area contributed by atoms with E-state index in [4.69, 9.17) is 0 Å². The number of aromatic nitrogens is 2. The van der Waals surface area contributed by atoms with Crippen LogP contribution in [0.5, 0.6) is 0 Å². The average molecular weight is 418 g/mol. The Morgan fingerprint density at radius 1 is 1.19 bits per heavy atom. The molecule has 0 aliphatic carbocycles. The van der Waals surface area contributed by atoms with Gasteiger partial charge in [0.1, 0.15) is 5.01 Å². The van der Waals surface area contributed by atoms with Crippen LogP contribution in [0.25, 0.3) is 0 Å². The lowest BCUT2D eigenvalue weighted by molar-refractivity contribution is -0.127. The van der Waals surface area contributed by atoms with Gasteiger partial charge in [-0.3, -0.25) is 15.0 Å². The van der Waals surface area contributed by atoms with Gasteiger partial charge in [-0.25, -0.2) is 12.7 Å². The number of piperidine rings is 1. The highest BCUT2D eigenvalue weighted by Crippen LogP contribution is 2.29. The molecule has 0 radical (unpaired) electrons.